The highest BCUT2D eigenvalue weighted by Crippen LogP contribution is 2.30. The van der Waals surface area contributed by atoms with Crippen molar-refractivity contribution in [3.8, 4) is 0 Å². The minimum atomic E-state index is 0.489. The van der Waals surface area contributed by atoms with Gasteiger partial charge in [0.2, 0.25) is 0 Å². The Balaban J connectivity index is 3.77. The molecular weight excluding hydrogens is 244 g/mol. The Kier molecular flexibility index (Phi) is 10.6. The van der Waals surface area contributed by atoms with Crippen LogP contribution in [0.2, 0.25) is 0 Å². The Morgan fingerprint density at radius 1 is 0.900 bits per heavy atom. The molecule has 1 nitrogen and oxygen atoms in total. The number of hydrogen-bond donors (Lipinski definition) is 0. The maximum absolute atomic E-state index is 5.18. The molecule has 0 aromatic carbocycles. The van der Waals surface area contributed by atoms with Gasteiger partial charge in [0.1, 0.15) is 0 Å². The summed E-state index contributed by atoms with van der Waals surface area (Å²) in [7, 11) is 1.80. The average Bonchev–Trinajstić information content (AvgIpc) is 2.37. The lowest BCUT2D eigenvalue weighted by atomic mass is 9.81. The lowest BCUT2D eigenvalue weighted by Gasteiger charge is -2.25. The van der Waals surface area contributed by atoms with E-state index in [-0.39, 0.29) is 0 Å². The summed E-state index contributed by atoms with van der Waals surface area (Å²) in [5.74, 6) is 2.57. The standard InChI is InChI=1S/C19H40O/c1-8-18(15-19(4,5)6)12-10-9-11-16(2)17(3)13-14-20-7/h16-18H,8-15H2,1-7H3. The summed E-state index contributed by atoms with van der Waals surface area (Å²) < 4.78 is 5.18. The van der Waals surface area contributed by atoms with Crippen LogP contribution >= 0.6 is 0 Å². The highest BCUT2D eigenvalue weighted by Gasteiger charge is 2.17. The number of methoxy groups -OCH3 is 1. The number of ether oxygens (including phenoxy) is 1. The van der Waals surface area contributed by atoms with Crippen molar-refractivity contribution in [3.05, 3.63) is 0 Å². The Morgan fingerprint density at radius 3 is 1.95 bits per heavy atom. The van der Waals surface area contributed by atoms with Gasteiger partial charge >= 0.3 is 0 Å². The molecule has 3 unspecified atom stereocenters. The Labute approximate surface area is 128 Å². The van der Waals surface area contributed by atoms with Crippen LogP contribution in [0.25, 0.3) is 0 Å². The number of hydrogen-bond acceptors (Lipinski definition) is 1. The van der Waals surface area contributed by atoms with E-state index in [0.29, 0.717) is 5.41 Å². The molecule has 122 valence electrons. The molecule has 0 rings (SSSR count). The molecule has 0 N–H and O–H groups in total. The third-order valence-electron chi connectivity index (χ3n) is 4.75. The quantitative estimate of drug-likeness (QED) is 0.403. The summed E-state index contributed by atoms with van der Waals surface area (Å²) in [6.07, 6.45) is 9.55. The fraction of sp³-hybridized carbons (Fsp3) is 1.00. The van der Waals surface area contributed by atoms with Gasteiger partial charge in [-0.1, -0.05) is 73.6 Å². The van der Waals surface area contributed by atoms with Crippen molar-refractivity contribution in [2.24, 2.45) is 23.2 Å². The van der Waals surface area contributed by atoms with Gasteiger partial charge < -0.3 is 4.74 Å². The van der Waals surface area contributed by atoms with Crippen LogP contribution in [0.1, 0.15) is 86.5 Å². The van der Waals surface area contributed by atoms with Crippen molar-refractivity contribution >= 4 is 0 Å². The van der Waals surface area contributed by atoms with Gasteiger partial charge in [-0.05, 0) is 36.0 Å². The summed E-state index contributed by atoms with van der Waals surface area (Å²) in [5.41, 5.74) is 0.489. The van der Waals surface area contributed by atoms with E-state index in [1.165, 1.54) is 44.9 Å². The Morgan fingerprint density at radius 2 is 1.45 bits per heavy atom. The molecule has 0 aromatic heterocycles. The molecule has 0 bridgehead atoms. The van der Waals surface area contributed by atoms with Gasteiger partial charge in [0, 0.05) is 13.7 Å². The van der Waals surface area contributed by atoms with Crippen LogP contribution in [0.15, 0.2) is 0 Å². The maximum Gasteiger partial charge on any atom is 0.0464 e. The lowest BCUT2D eigenvalue weighted by molar-refractivity contribution is 0.165. The molecule has 0 saturated carbocycles. The largest absolute Gasteiger partial charge is 0.385 e. The summed E-state index contributed by atoms with van der Waals surface area (Å²) in [6, 6.07) is 0. The third kappa shape index (κ3) is 10.7. The smallest absolute Gasteiger partial charge is 0.0464 e. The first-order valence-corrected chi connectivity index (χ1v) is 8.79. The average molecular weight is 285 g/mol. The molecule has 3 atom stereocenters. The van der Waals surface area contributed by atoms with Crippen LogP contribution in [0.4, 0.5) is 0 Å². The minimum absolute atomic E-state index is 0.489. The first-order valence-electron chi connectivity index (χ1n) is 8.79. The van der Waals surface area contributed by atoms with Gasteiger partial charge in [0.15, 0.2) is 0 Å². The zero-order chi connectivity index (χ0) is 15.6. The molecule has 0 aromatic rings. The molecule has 0 aliphatic rings. The summed E-state index contributed by atoms with van der Waals surface area (Å²) >= 11 is 0. The molecule has 0 fully saturated rings. The van der Waals surface area contributed by atoms with Crippen LogP contribution in [0.5, 0.6) is 0 Å². The second-order valence-corrected chi connectivity index (χ2v) is 8.06. The monoisotopic (exact) mass is 284 g/mol. The molecule has 0 spiro atoms. The number of unbranched alkanes of at least 4 members (excludes halogenated alkanes) is 1. The predicted molar refractivity (Wildman–Crippen MR) is 91.1 cm³/mol. The van der Waals surface area contributed by atoms with Gasteiger partial charge in [0.25, 0.3) is 0 Å². The van der Waals surface area contributed by atoms with E-state index in [4.69, 9.17) is 4.74 Å². The van der Waals surface area contributed by atoms with Crippen LogP contribution in [-0.4, -0.2) is 13.7 Å². The van der Waals surface area contributed by atoms with Crippen LogP contribution in [0, 0.1) is 23.2 Å². The van der Waals surface area contributed by atoms with Crippen molar-refractivity contribution in [3.63, 3.8) is 0 Å². The van der Waals surface area contributed by atoms with Gasteiger partial charge in [0.05, 0.1) is 0 Å². The summed E-state index contributed by atoms with van der Waals surface area (Å²) in [5, 5.41) is 0. The molecule has 1 heteroatoms. The zero-order valence-corrected chi connectivity index (χ0v) is 15.3. The molecule has 0 amide bonds. The van der Waals surface area contributed by atoms with Crippen molar-refractivity contribution in [2.75, 3.05) is 13.7 Å². The van der Waals surface area contributed by atoms with Gasteiger partial charge in [-0.3, -0.25) is 0 Å². The topological polar surface area (TPSA) is 9.23 Å². The first kappa shape index (κ1) is 20.0. The highest BCUT2D eigenvalue weighted by atomic mass is 16.5. The summed E-state index contributed by atoms with van der Waals surface area (Å²) in [6.45, 7) is 15.2. The van der Waals surface area contributed by atoms with E-state index >= 15 is 0 Å². The van der Waals surface area contributed by atoms with E-state index in [2.05, 4.69) is 41.5 Å². The SMILES string of the molecule is CCC(CCCCC(C)C(C)CCOC)CC(C)(C)C. The molecule has 0 heterocycles. The molecule has 0 aliphatic carbocycles. The van der Waals surface area contributed by atoms with Crippen LogP contribution < -0.4 is 0 Å². The van der Waals surface area contributed by atoms with Crippen LogP contribution in [-0.2, 0) is 4.74 Å². The number of rotatable bonds is 11. The van der Waals surface area contributed by atoms with E-state index in [1.54, 1.807) is 7.11 Å². The van der Waals surface area contributed by atoms with Crippen molar-refractivity contribution in [1.29, 1.82) is 0 Å². The van der Waals surface area contributed by atoms with E-state index < -0.39 is 0 Å². The van der Waals surface area contributed by atoms with E-state index in [1.807, 2.05) is 0 Å². The Hall–Kier alpha value is -0.0400. The Bertz CT molecular complexity index is 216. The van der Waals surface area contributed by atoms with Gasteiger partial charge in [-0.15, -0.1) is 0 Å². The predicted octanol–water partition coefficient (Wildman–Crippen LogP) is 6.32. The van der Waals surface area contributed by atoms with Crippen molar-refractivity contribution in [2.45, 2.75) is 86.5 Å². The molecule has 0 radical (unpaired) electrons. The lowest BCUT2D eigenvalue weighted by Crippen LogP contribution is -2.13. The maximum atomic E-state index is 5.18. The minimum Gasteiger partial charge on any atom is -0.385 e. The molecular formula is C19H40O. The van der Waals surface area contributed by atoms with Gasteiger partial charge in [-0.25, -0.2) is 0 Å². The first-order chi connectivity index (χ1) is 9.30. The fourth-order valence-corrected chi connectivity index (χ4v) is 3.09. The second kappa shape index (κ2) is 10.7. The normalized spacial score (nSPS) is 16.9. The van der Waals surface area contributed by atoms with E-state index in [9.17, 15) is 0 Å². The van der Waals surface area contributed by atoms with E-state index in [0.717, 1.165) is 24.4 Å². The molecule has 20 heavy (non-hydrogen) atoms. The fourth-order valence-electron chi connectivity index (χ4n) is 3.09. The van der Waals surface area contributed by atoms with Crippen molar-refractivity contribution in [1.82, 2.24) is 0 Å². The van der Waals surface area contributed by atoms with Crippen molar-refractivity contribution < 1.29 is 4.74 Å². The second-order valence-electron chi connectivity index (χ2n) is 8.06. The third-order valence-corrected chi connectivity index (χ3v) is 4.75. The molecule has 0 aliphatic heterocycles. The van der Waals surface area contributed by atoms with Gasteiger partial charge in [-0.2, -0.15) is 0 Å². The molecule has 0 saturated heterocycles. The highest BCUT2D eigenvalue weighted by molar-refractivity contribution is 4.69. The summed E-state index contributed by atoms with van der Waals surface area (Å²) in [4.78, 5) is 0. The van der Waals surface area contributed by atoms with Crippen LogP contribution in [0.3, 0.4) is 0 Å². The zero-order valence-electron chi connectivity index (χ0n) is 15.3.